The molecule has 242 valence electrons. The molecule has 0 amide bonds. The van der Waals surface area contributed by atoms with Crippen LogP contribution in [0.1, 0.15) is 164 Å². The third kappa shape index (κ3) is 23.0. The molecule has 0 aromatic heterocycles. The fourth-order valence-electron chi connectivity index (χ4n) is 4.20. The number of aliphatic carboxylic acids is 1. The summed E-state index contributed by atoms with van der Waals surface area (Å²) in [5, 5.41) is 8.27. The number of carbonyl (C=O) groups is 4. The van der Waals surface area contributed by atoms with Crippen LogP contribution in [-0.4, -0.2) is 52.1 Å². The van der Waals surface area contributed by atoms with Crippen LogP contribution < -0.4 is 0 Å². The third-order valence-corrected chi connectivity index (χ3v) is 11.0. The summed E-state index contributed by atoms with van der Waals surface area (Å²) in [5.41, 5.74) is 0. The number of rotatable bonds is 24. The van der Waals surface area contributed by atoms with E-state index < -0.39 is 46.9 Å². The predicted octanol–water partition coefficient (Wildman–Crippen LogP) is 8.68. The molecule has 0 aliphatic carbocycles. The third-order valence-electron chi connectivity index (χ3n) is 7.18. The van der Waals surface area contributed by atoms with E-state index in [9.17, 15) is 19.2 Å². The van der Waals surface area contributed by atoms with Crippen molar-refractivity contribution in [3.05, 3.63) is 0 Å². The molecule has 0 radical (unpaired) electrons. The van der Waals surface area contributed by atoms with E-state index in [2.05, 4.69) is 27.7 Å². The van der Waals surface area contributed by atoms with E-state index in [1.54, 1.807) is 0 Å². The van der Waals surface area contributed by atoms with Crippen molar-refractivity contribution >= 4 is 46.9 Å². The zero-order valence-corrected chi connectivity index (χ0v) is 30.7. The predicted molar refractivity (Wildman–Crippen MR) is 165 cm³/mol. The van der Waals surface area contributed by atoms with Gasteiger partial charge in [0.05, 0.1) is 0 Å². The van der Waals surface area contributed by atoms with Crippen molar-refractivity contribution in [3.63, 3.8) is 0 Å². The number of hydrogen-bond donors (Lipinski definition) is 1. The number of carboxylic acid groups (broad SMARTS) is 1. The fraction of sp³-hybridized carbons (Fsp3) is 0.875. The van der Waals surface area contributed by atoms with E-state index in [1.165, 1.54) is 19.3 Å². The van der Waals surface area contributed by atoms with E-state index in [-0.39, 0.29) is 17.8 Å². The summed E-state index contributed by atoms with van der Waals surface area (Å²) in [6, 6.07) is 0. The summed E-state index contributed by atoms with van der Waals surface area (Å²) in [6.07, 6.45) is 15.8. The van der Waals surface area contributed by atoms with E-state index in [0.717, 1.165) is 70.6 Å². The van der Waals surface area contributed by atoms with Gasteiger partial charge in [-0.25, -0.2) is 0 Å². The van der Waals surface area contributed by atoms with Crippen molar-refractivity contribution in [3.8, 4) is 0 Å². The van der Waals surface area contributed by atoms with E-state index in [1.807, 2.05) is 20.8 Å². The molecule has 3 atom stereocenters. The second-order valence-electron chi connectivity index (χ2n) is 10.8. The first-order chi connectivity index (χ1) is 19.6. The molecule has 0 saturated heterocycles. The van der Waals surface area contributed by atoms with Gasteiger partial charge in [0.1, 0.15) is 0 Å². The zero-order chi connectivity index (χ0) is 31.5. The summed E-state index contributed by atoms with van der Waals surface area (Å²) in [4.78, 5) is 48.2. The van der Waals surface area contributed by atoms with E-state index >= 15 is 0 Å². The van der Waals surface area contributed by atoms with Gasteiger partial charge >= 0.3 is 206 Å². The van der Waals surface area contributed by atoms with Crippen molar-refractivity contribution < 1.29 is 32.7 Å². The summed E-state index contributed by atoms with van der Waals surface area (Å²) in [7, 11) is 0. The summed E-state index contributed by atoms with van der Waals surface area (Å²) in [5.74, 6) is -2.60. The minimum absolute atomic E-state index is 0.251. The summed E-state index contributed by atoms with van der Waals surface area (Å²) >= 11 is -4.04. The number of unbranched alkanes of at least 4 members (excludes halogenated alkanes) is 7. The van der Waals surface area contributed by atoms with Crippen molar-refractivity contribution in [1.29, 1.82) is 0 Å². The van der Waals surface area contributed by atoms with Crippen molar-refractivity contribution in [2.45, 2.75) is 164 Å². The Kier molecular flexibility index (Phi) is 29.5. The Morgan fingerprint density at radius 3 is 1.10 bits per heavy atom. The second kappa shape index (κ2) is 28.9. The number of carbonyl (C=O) groups excluding carboxylic acids is 3. The molecular formula is C32H61BiO8. The largest absolute Gasteiger partial charge is 0.481 e. The molecule has 0 bridgehead atoms. The van der Waals surface area contributed by atoms with Crippen LogP contribution >= 0.6 is 0 Å². The molecule has 41 heavy (non-hydrogen) atoms. The van der Waals surface area contributed by atoms with Gasteiger partial charge in [-0.3, -0.25) is 4.79 Å². The van der Waals surface area contributed by atoms with Gasteiger partial charge in [0, 0.05) is 6.42 Å². The molecule has 0 spiro atoms. The Morgan fingerprint density at radius 2 is 0.829 bits per heavy atom. The normalized spacial score (nSPS) is 13.0. The van der Waals surface area contributed by atoms with Gasteiger partial charge < -0.3 is 5.11 Å². The average Bonchev–Trinajstić information content (AvgIpc) is 2.94. The molecule has 9 heteroatoms. The molecule has 0 fully saturated rings. The maximum atomic E-state index is 12.7. The van der Waals surface area contributed by atoms with E-state index in [4.69, 9.17) is 13.5 Å². The van der Waals surface area contributed by atoms with Gasteiger partial charge in [0.25, 0.3) is 0 Å². The maximum absolute atomic E-state index is 12.7. The smallest absolute Gasteiger partial charge is 0.303 e. The van der Waals surface area contributed by atoms with Gasteiger partial charge in [0.2, 0.25) is 0 Å². The molecule has 0 aromatic rings. The van der Waals surface area contributed by atoms with Crippen LogP contribution in [0, 0.1) is 17.8 Å². The van der Waals surface area contributed by atoms with Crippen LogP contribution in [0.3, 0.4) is 0 Å². The average molecular weight is 783 g/mol. The van der Waals surface area contributed by atoms with Crippen molar-refractivity contribution in [2.24, 2.45) is 17.8 Å². The minimum atomic E-state index is -4.04. The Morgan fingerprint density at radius 1 is 0.512 bits per heavy atom. The minimum Gasteiger partial charge on any atom is -0.481 e. The first-order valence-electron chi connectivity index (χ1n) is 16.3. The molecule has 0 rings (SSSR count). The molecule has 0 aliphatic rings. The van der Waals surface area contributed by atoms with Crippen LogP contribution in [0.5, 0.6) is 0 Å². The van der Waals surface area contributed by atoms with Gasteiger partial charge in [-0.05, 0) is 6.42 Å². The maximum Gasteiger partial charge on any atom is 0.303 e. The zero-order valence-electron chi connectivity index (χ0n) is 27.2. The first kappa shape index (κ1) is 41.9. The summed E-state index contributed by atoms with van der Waals surface area (Å²) < 4.78 is 16.9. The molecule has 0 aromatic carbocycles. The SMILES string of the molecule is CCCCC(CC)C(=O)[O][Bi]([O]C(=O)C(CC)CCCC)[O]C(=O)C(CC)CCCC.CCCCCCCC(=O)O. The Bertz CT molecular complexity index is 613. The van der Waals surface area contributed by atoms with E-state index in [0.29, 0.717) is 25.7 Å². The van der Waals surface area contributed by atoms with Crippen LogP contribution in [0.2, 0.25) is 0 Å². The van der Waals surface area contributed by atoms with Gasteiger partial charge in [0.15, 0.2) is 0 Å². The second-order valence-corrected chi connectivity index (χ2v) is 14.6. The molecule has 0 aliphatic heterocycles. The van der Waals surface area contributed by atoms with Crippen molar-refractivity contribution in [1.82, 2.24) is 0 Å². The topological polar surface area (TPSA) is 116 Å². The fourth-order valence-corrected chi connectivity index (χ4v) is 8.08. The molecule has 8 nitrogen and oxygen atoms in total. The Hall–Kier alpha value is -1.24. The standard InChI is InChI=1S/4C8H16O2.Bi/c3*1-3-5-6-7(4-2)8(9)10;1-2-3-4-5-6-7-8(9)10;/h3*7H,3-6H2,1-2H3,(H,9,10);2-7H2,1H3,(H,9,10);/q;;;;+3/p-3. The van der Waals surface area contributed by atoms with Crippen LogP contribution in [0.4, 0.5) is 0 Å². The Balaban J connectivity index is 0. The summed E-state index contributed by atoms with van der Waals surface area (Å²) in [6.45, 7) is 14.2. The van der Waals surface area contributed by atoms with Gasteiger partial charge in [-0.15, -0.1) is 0 Å². The monoisotopic (exact) mass is 782 g/mol. The van der Waals surface area contributed by atoms with Crippen LogP contribution in [0.15, 0.2) is 0 Å². The number of carboxylic acids is 1. The first-order valence-corrected chi connectivity index (χ1v) is 20.6. The molecule has 0 heterocycles. The van der Waals surface area contributed by atoms with Crippen molar-refractivity contribution in [2.75, 3.05) is 0 Å². The molecule has 3 unspecified atom stereocenters. The van der Waals surface area contributed by atoms with Crippen LogP contribution in [-0.2, 0) is 27.6 Å². The van der Waals surface area contributed by atoms with Crippen LogP contribution in [0.25, 0.3) is 0 Å². The molecule has 0 saturated carbocycles. The Labute approximate surface area is 260 Å². The molecule has 1 N–H and O–H groups in total. The van der Waals surface area contributed by atoms with Gasteiger partial charge in [-0.1, -0.05) is 32.6 Å². The van der Waals surface area contributed by atoms with Gasteiger partial charge in [-0.2, -0.15) is 0 Å². The quantitative estimate of drug-likeness (QED) is 0.0764. The molecular weight excluding hydrogens is 721 g/mol. The number of hydrogen-bond acceptors (Lipinski definition) is 7.